The van der Waals surface area contributed by atoms with E-state index in [1.807, 2.05) is 42.5 Å². The minimum Gasteiger partial charge on any atom is -0.460 e. The second-order valence-electron chi connectivity index (χ2n) is 8.63. The van der Waals surface area contributed by atoms with E-state index in [0.717, 1.165) is 28.6 Å². The number of esters is 1. The fraction of sp³-hybridized carbons (Fsp3) is 0.214. The predicted octanol–water partition coefficient (Wildman–Crippen LogP) is 6.39. The van der Waals surface area contributed by atoms with Gasteiger partial charge in [-0.3, -0.25) is 14.2 Å². The molecule has 1 heterocycles. The standard InChI is InChI=1S/C28H22F3NO4/c29-28(30,31)36-20-11-6-10-19(16-20)26(33)32-23-14-5-4-12-21(23)25-22(13-7-15-24(25)32)27(34)35-17-18-8-2-1-3-9-18/h1-6,8-12,14,16,22H,7,13,15,17H2. The van der Waals surface area contributed by atoms with Crippen molar-refractivity contribution in [2.45, 2.75) is 38.1 Å². The molecule has 0 saturated carbocycles. The van der Waals surface area contributed by atoms with Crippen molar-refractivity contribution in [2.75, 3.05) is 0 Å². The number of halogens is 3. The Morgan fingerprint density at radius 3 is 2.47 bits per heavy atom. The van der Waals surface area contributed by atoms with E-state index in [2.05, 4.69) is 4.74 Å². The van der Waals surface area contributed by atoms with E-state index in [0.29, 0.717) is 30.5 Å². The van der Waals surface area contributed by atoms with Gasteiger partial charge in [0.2, 0.25) is 0 Å². The van der Waals surface area contributed by atoms with Crippen LogP contribution in [-0.4, -0.2) is 22.8 Å². The van der Waals surface area contributed by atoms with Gasteiger partial charge in [0.1, 0.15) is 12.4 Å². The number of carbonyl (C=O) groups is 2. The Morgan fingerprint density at radius 2 is 1.69 bits per heavy atom. The van der Waals surface area contributed by atoms with Gasteiger partial charge < -0.3 is 9.47 Å². The molecule has 0 spiro atoms. The van der Waals surface area contributed by atoms with Crippen molar-refractivity contribution in [3.8, 4) is 5.75 Å². The van der Waals surface area contributed by atoms with E-state index in [4.69, 9.17) is 4.74 Å². The monoisotopic (exact) mass is 493 g/mol. The molecule has 0 saturated heterocycles. The SMILES string of the molecule is O=C(OCc1ccccc1)C1CCCc2c1c1ccccc1n2C(=O)c1cccc(OC(F)(F)F)c1. The predicted molar refractivity (Wildman–Crippen MR) is 127 cm³/mol. The zero-order valence-electron chi connectivity index (χ0n) is 19.1. The van der Waals surface area contributed by atoms with Crippen molar-refractivity contribution in [3.63, 3.8) is 0 Å². The van der Waals surface area contributed by atoms with Crippen LogP contribution >= 0.6 is 0 Å². The molecular formula is C28H22F3NO4. The molecule has 0 radical (unpaired) electrons. The smallest absolute Gasteiger partial charge is 0.460 e. The highest BCUT2D eigenvalue weighted by molar-refractivity contribution is 6.05. The molecule has 36 heavy (non-hydrogen) atoms. The largest absolute Gasteiger partial charge is 0.573 e. The molecule has 0 aliphatic heterocycles. The van der Waals surface area contributed by atoms with Crippen molar-refractivity contribution in [1.82, 2.24) is 4.57 Å². The molecule has 0 fully saturated rings. The molecule has 5 nitrogen and oxygen atoms in total. The van der Waals surface area contributed by atoms with Gasteiger partial charge >= 0.3 is 12.3 Å². The number of hydrogen-bond donors (Lipinski definition) is 0. The van der Waals surface area contributed by atoms with Gasteiger partial charge in [-0.1, -0.05) is 54.6 Å². The fourth-order valence-corrected chi connectivity index (χ4v) is 4.82. The molecule has 1 aliphatic carbocycles. The third kappa shape index (κ3) is 4.71. The minimum atomic E-state index is -4.87. The Kier molecular flexibility index (Phi) is 6.26. The maximum Gasteiger partial charge on any atom is 0.573 e. The number of para-hydroxylation sites is 1. The second kappa shape index (κ2) is 9.53. The molecule has 184 valence electrons. The van der Waals surface area contributed by atoms with Crippen LogP contribution in [0.25, 0.3) is 10.9 Å². The van der Waals surface area contributed by atoms with Crippen molar-refractivity contribution < 1.29 is 32.2 Å². The molecule has 0 N–H and O–H groups in total. The Hall–Kier alpha value is -4.07. The molecule has 1 aromatic heterocycles. The molecule has 1 atom stereocenters. The molecule has 3 aromatic carbocycles. The minimum absolute atomic E-state index is 0.0501. The molecule has 1 unspecified atom stereocenters. The lowest BCUT2D eigenvalue weighted by Crippen LogP contribution is -2.23. The summed E-state index contributed by atoms with van der Waals surface area (Å²) in [6.45, 7) is 0.148. The van der Waals surface area contributed by atoms with E-state index < -0.39 is 23.9 Å². The number of rotatable bonds is 5. The molecule has 8 heteroatoms. The van der Waals surface area contributed by atoms with Gasteiger partial charge in [-0.05, 0) is 54.7 Å². The lowest BCUT2D eigenvalue weighted by atomic mass is 9.85. The summed E-state index contributed by atoms with van der Waals surface area (Å²) in [7, 11) is 0. The third-order valence-corrected chi connectivity index (χ3v) is 6.30. The van der Waals surface area contributed by atoms with Crippen molar-refractivity contribution in [1.29, 1.82) is 0 Å². The zero-order chi connectivity index (χ0) is 25.3. The Bertz CT molecular complexity index is 1430. The van der Waals surface area contributed by atoms with Crippen LogP contribution in [0.2, 0.25) is 0 Å². The van der Waals surface area contributed by atoms with E-state index >= 15 is 0 Å². The average molecular weight is 493 g/mol. The highest BCUT2D eigenvalue weighted by Gasteiger charge is 2.35. The van der Waals surface area contributed by atoms with E-state index in [-0.39, 0.29) is 18.1 Å². The van der Waals surface area contributed by atoms with Gasteiger partial charge in [0.25, 0.3) is 5.91 Å². The molecule has 1 aliphatic rings. The summed E-state index contributed by atoms with van der Waals surface area (Å²) >= 11 is 0. The van der Waals surface area contributed by atoms with Crippen LogP contribution in [-0.2, 0) is 22.6 Å². The van der Waals surface area contributed by atoms with Crippen molar-refractivity contribution >= 4 is 22.8 Å². The highest BCUT2D eigenvalue weighted by Crippen LogP contribution is 2.40. The summed E-state index contributed by atoms with van der Waals surface area (Å²) in [4.78, 5) is 26.8. The molecule has 4 aromatic rings. The quantitative estimate of drug-likeness (QED) is 0.302. The van der Waals surface area contributed by atoms with Crippen molar-refractivity contribution in [3.05, 3.63) is 101 Å². The van der Waals surface area contributed by atoms with Crippen LogP contribution in [0.15, 0.2) is 78.9 Å². The Morgan fingerprint density at radius 1 is 0.944 bits per heavy atom. The van der Waals surface area contributed by atoms with Crippen LogP contribution in [0.4, 0.5) is 13.2 Å². The summed E-state index contributed by atoms with van der Waals surface area (Å²) < 4.78 is 49.3. The van der Waals surface area contributed by atoms with Crippen LogP contribution < -0.4 is 4.74 Å². The van der Waals surface area contributed by atoms with Crippen LogP contribution in [0, 0.1) is 0 Å². The normalized spacial score (nSPS) is 15.4. The molecule has 0 bridgehead atoms. The van der Waals surface area contributed by atoms with E-state index in [9.17, 15) is 22.8 Å². The molecule has 5 rings (SSSR count). The van der Waals surface area contributed by atoms with Crippen LogP contribution in [0.1, 0.15) is 45.9 Å². The number of nitrogens with zero attached hydrogens (tertiary/aromatic N) is 1. The van der Waals surface area contributed by atoms with Crippen LogP contribution in [0.3, 0.4) is 0 Å². The van der Waals surface area contributed by atoms with Gasteiger partial charge in [0, 0.05) is 16.6 Å². The number of hydrogen-bond acceptors (Lipinski definition) is 4. The second-order valence-corrected chi connectivity index (χ2v) is 8.63. The van der Waals surface area contributed by atoms with Gasteiger partial charge in [-0.15, -0.1) is 13.2 Å². The summed E-state index contributed by atoms with van der Waals surface area (Å²) in [5.74, 6) is -1.87. The summed E-state index contributed by atoms with van der Waals surface area (Å²) in [6.07, 6.45) is -3.07. The van der Waals surface area contributed by atoms with Gasteiger partial charge in [0.05, 0.1) is 11.4 Å². The number of benzene rings is 3. The lowest BCUT2D eigenvalue weighted by molar-refractivity contribution is -0.274. The van der Waals surface area contributed by atoms with Gasteiger partial charge in [-0.2, -0.15) is 0 Å². The number of aromatic nitrogens is 1. The van der Waals surface area contributed by atoms with Gasteiger partial charge in [-0.25, -0.2) is 0 Å². The number of ether oxygens (including phenoxy) is 2. The highest BCUT2D eigenvalue weighted by atomic mass is 19.4. The number of carbonyl (C=O) groups excluding carboxylic acids is 2. The first-order chi connectivity index (χ1) is 17.3. The summed E-state index contributed by atoms with van der Waals surface area (Å²) in [6, 6.07) is 21.6. The topological polar surface area (TPSA) is 57.5 Å². The maximum atomic E-state index is 13.6. The average Bonchev–Trinajstić information content (AvgIpc) is 3.21. The summed E-state index contributed by atoms with van der Waals surface area (Å²) in [5.41, 5.74) is 2.94. The van der Waals surface area contributed by atoms with E-state index in [1.54, 1.807) is 12.1 Å². The Labute approximate surface area is 205 Å². The first-order valence-corrected chi connectivity index (χ1v) is 11.5. The third-order valence-electron chi connectivity index (χ3n) is 6.30. The molecular weight excluding hydrogens is 471 g/mol. The fourth-order valence-electron chi connectivity index (χ4n) is 4.82. The van der Waals surface area contributed by atoms with Gasteiger partial charge in [0.15, 0.2) is 0 Å². The Balaban J connectivity index is 1.52. The van der Waals surface area contributed by atoms with Crippen LogP contribution in [0.5, 0.6) is 5.75 Å². The lowest BCUT2D eigenvalue weighted by Gasteiger charge is -2.23. The number of fused-ring (bicyclic) bond motifs is 3. The summed E-state index contributed by atoms with van der Waals surface area (Å²) in [5, 5.41) is 0.755. The first-order valence-electron chi connectivity index (χ1n) is 11.5. The zero-order valence-corrected chi connectivity index (χ0v) is 19.1. The van der Waals surface area contributed by atoms with Crippen molar-refractivity contribution in [2.24, 2.45) is 0 Å². The number of alkyl halides is 3. The first kappa shape index (κ1) is 23.7. The molecule has 0 amide bonds. The van der Waals surface area contributed by atoms with E-state index in [1.165, 1.54) is 16.7 Å². The maximum absolute atomic E-state index is 13.6.